The predicted molar refractivity (Wildman–Crippen MR) is 124 cm³/mol. The van der Waals surface area contributed by atoms with Crippen LogP contribution in [-0.4, -0.2) is 15.5 Å². The second-order valence-electron chi connectivity index (χ2n) is 8.49. The smallest absolute Gasteiger partial charge is 0.261 e. The topological polar surface area (TPSA) is 64.0 Å². The van der Waals surface area contributed by atoms with E-state index >= 15 is 0 Å². The first-order valence-electron chi connectivity index (χ1n) is 11.1. The van der Waals surface area contributed by atoms with Crippen LogP contribution in [0.25, 0.3) is 11.3 Å². The number of nitrogens with zero attached hydrogens (tertiary/aromatic N) is 2. The lowest BCUT2D eigenvalue weighted by Gasteiger charge is -2.27. The van der Waals surface area contributed by atoms with E-state index in [-0.39, 0.29) is 16.9 Å². The van der Waals surface area contributed by atoms with Crippen molar-refractivity contribution in [3.05, 3.63) is 81.9 Å². The second-order valence-corrected chi connectivity index (χ2v) is 8.49. The van der Waals surface area contributed by atoms with Crippen molar-refractivity contribution in [1.82, 2.24) is 9.55 Å². The number of aryl methyl sites for hydroxylation is 2. The van der Waals surface area contributed by atoms with E-state index in [9.17, 15) is 9.59 Å². The number of nitrogens with one attached hydrogen (secondary N) is 1. The minimum Gasteiger partial charge on any atom is -0.344 e. The molecular weight excluding hydrogens is 386 g/mol. The van der Waals surface area contributed by atoms with Crippen LogP contribution in [0.1, 0.15) is 53.7 Å². The van der Waals surface area contributed by atoms with E-state index in [1.807, 2.05) is 50.2 Å². The number of para-hydroxylation sites is 1. The molecule has 2 heterocycles. The average Bonchev–Trinajstić information content (AvgIpc) is 2.78. The van der Waals surface area contributed by atoms with E-state index in [1.54, 1.807) is 18.5 Å². The molecule has 2 aromatic heterocycles. The number of benzene rings is 1. The lowest BCUT2D eigenvalue weighted by Crippen LogP contribution is -2.28. The summed E-state index contributed by atoms with van der Waals surface area (Å²) in [6.45, 7) is 4.71. The molecule has 4 rings (SSSR count). The Bertz CT molecular complexity index is 1130. The van der Waals surface area contributed by atoms with Gasteiger partial charge in [-0.2, -0.15) is 0 Å². The predicted octanol–water partition coefficient (Wildman–Crippen LogP) is 5.36. The molecule has 1 aliphatic rings. The Morgan fingerprint density at radius 1 is 1.06 bits per heavy atom. The third-order valence-corrected chi connectivity index (χ3v) is 6.26. The van der Waals surface area contributed by atoms with Gasteiger partial charge >= 0.3 is 0 Å². The molecular formula is C26H29N3O2. The summed E-state index contributed by atoms with van der Waals surface area (Å²) in [4.78, 5) is 30.6. The summed E-state index contributed by atoms with van der Waals surface area (Å²) >= 11 is 0. The number of hydrogen-bond donors (Lipinski definition) is 1. The van der Waals surface area contributed by atoms with Gasteiger partial charge in [0, 0.05) is 41.9 Å². The number of carbonyl (C=O) groups is 1. The zero-order chi connectivity index (χ0) is 21.8. The molecule has 0 unspecified atom stereocenters. The van der Waals surface area contributed by atoms with Crippen LogP contribution < -0.4 is 10.7 Å². The summed E-state index contributed by atoms with van der Waals surface area (Å²) in [6, 6.07) is 12.9. The van der Waals surface area contributed by atoms with Gasteiger partial charge in [0.1, 0.15) is 5.56 Å². The Hall–Kier alpha value is -3.21. The van der Waals surface area contributed by atoms with Crippen molar-refractivity contribution in [3.63, 3.8) is 0 Å². The zero-order valence-electron chi connectivity index (χ0n) is 18.2. The summed E-state index contributed by atoms with van der Waals surface area (Å²) in [5, 5.41) is 2.96. The van der Waals surface area contributed by atoms with Crippen molar-refractivity contribution in [2.45, 2.75) is 52.5 Å². The first-order chi connectivity index (χ1) is 15.0. The number of pyridine rings is 2. The van der Waals surface area contributed by atoms with Gasteiger partial charge in [-0.05, 0) is 56.4 Å². The fraction of sp³-hybridized carbons (Fsp3) is 0.346. The first kappa shape index (κ1) is 21.0. The number of amides is 1. The summed E-state index contributed by atoms with van der Waals surface area (Å²) in [5.41, 5.74) is 4.01. The van der Waals surface area contributed by atoms with Crippen molar-refractivity contribution in [2.24, 2.45) is 5.92 Å². The van der Waals surface area contributed by atoms with Gasteiger partial charge in [-0.15, -0.1) is 0 Å². The quantitative estimate of drug-likeness (QED) is 0.610. The molecule has 5 nitrogen and oxygen atoms in total. The average molecular weight is 416 g/mol. The van der Waals surface area contributed by atoms with Crippen LogP contribution in [0, 0.1) is 19.8 Å². The molecule has 1 aromatic carbocycles. The highest BCUT2D eigenvalue weighted by Gasteiger charge is 2.24. The van der Waals surface area contributed by atoms with Crippen LogP contribution in [-0.2, 0) is 6.54 Å². The third kappa shape index (κ3) is 4.61. The van der Waals surface area contributed by atoms with E-state index in [2.05, 4.69) is 14.9 Å². The van der Waals surface area contributed by atoms with E-state index in [0.717, 1.165) is 23.4 Å². The van der Waals surface area contributed by atoms with Gasteiger partial charge in [-0.25, -0.2) is 0 Å². The van der Waals surface area contributed by atoms with Gasteiger partial charge in [0.2, 0.25) is 0 Å². The monoisotopic (exact) mass is 415 g/mol. The van der Waals surface area contributed by atoms with Crippen molar-refractivity contribution in [1.29, 1.82) is 0 Å². The molecule has 3 aromatic rings. The minimum atomic E-state index is -0.372. The molecule has 0 atom stereocenters. The lowest BCUT2D eigenvalue weighted by atomic mass is 9.88. The number of anilines is 1. The fourth-order valence-corrected chi connectivity index (χ4v) is 4.56. The van der Waals surface area contributed by atoms with Crippen LogP contribution in [0.15, 0.2) is 59.7 Å². The third-order valence-electron chi connectivity index (χ3n) is 6.26. The number of hydrogen-bond acceptors (Lipinski definition) is 3. The van der Waals surface area contributed by atoms with Gasteiger partial charge in [-0.3, -0.25) is 14.6 Å². The number of rotatable bonds is 5. The molecule has 0 bridgehead atoms. The molecule has 1 aliphatic carbocycles. The zero-order valence-corrected chi connectivity index (χ0v) is 18.2. The van der Waals surface area contributed by atoms with E-state index in [0.29, 0.717) is 17.3 Å². The second kappa shape index (κ2) is 9.29. The summed E-state index contributed by atoms with van der Waals surface area (Å²) < 4.78 is 2.17. The summed E-state index contributed by atoms with van der Waals surface area (Å²) in [5.74, 6) is 0.186. The molecule has 0 aliphatic heterocycles. The Morgan fingerprint density at radius 3 is 2.48 bits per heavy atom. The van der Waals surface area contributed by atoms with Crippen LogP contribution in [0.5, 0.6) is 0 Å². The molecule has 0 radical (unpaired) electrons. The molecule has 0 saturated heterocycles. The highest BCUT2D eigenvalue weighted by molar-refractivity contribution is 6.08. The van der Waals surface area contributed by atoms with Gasteiger partial charge < -0.3 is 9.88 Å². The van der Waals surface area contributed by atoms with Crippen molar-refractivity contribution in [2.75, 3.05) is 5.32 Å². The Kier molecular flexibility index (Phi) is 6.31. The largest absolute Gasteiger partial charge is 0.344 e. The van der Waals surface area contributed by atoms with Crippen molar-refractivity contribution in [3.8, 4) is 11.3 Å². The number of carbonyl (C=O) groups excluding carboxylic acids is 1. The van der Waals surface area contributed by atoms with Gasteiger partial charge in [0.05, 0.1) is 5.69 Å². The van der Waals surface area contributed by atoms with Crippen LogP contribution >= 0.6 is 0 Å². The molecule has 160 valence electrons. The Labute approximate surface area is 183 Å². The van der Waals surface area contributed by atoms with Gasteiger partial charge in [0.25, 0.3) is 5.91 Å². The summed E-state index contributed by atoms with van der Waals surface area (Å²) in [6.07, 6.45) is 9.57. The normalized spacial score (nSPS) is 14.4. The highest BCUT2D eigenvalue weighted by atomic mass is 16.2. The first-order valence-corrected chi connectivity index (χ1v) is 11.1. The van der Waals surface area contributed by atoms with Gasteiger partial charge in [0.15, 0.2) is 5.43 Å². The van der Waals surface area contributed by atoms with Crippen LogP contribution in [0.3, 0.4) is 0 Å². The van der Waals surface area contributed by atoms with Crippen LogP contribution in [0.4, 0.5) is 5.69 Å². The van der Waals surface area contributed by atoms with E-state index in [4.69, 9.17) is 0 Å². The molecule has 5 heteroatoms. The molecule has 1 fully saturated rings. The van der Waals surface area contributed by atoms with Crippen molar-refractivity contribution < 1.29 is 4.79 Å². The Morgan fingerprint density at radius 2 is 1.77 bits per heavy atom. The Balaban J connectivity index is 1.83. The number of aromatic nitrogens is 2. The SMILES string of the molecule is Cc1ccccc1NC(=O)c1c(-c2ccncc2)n(CC2CCCCC2)c(C)cc1=O. The summed E-state index contributed by atoms with van der Waals surface area (Å²) in [7, 11) is 0. The fourth-order valence-electron chi connectivity index (χ4n) is 4.56. The molecule has 1 saturated carbocycles. The molecule has 1 amide bonds. The van der Waals surface area contributed by atoms with Crippen LogP contribution in [0.2, 0.25) is 0 Å². The van der Waals surface area contributed by atoms with E-state index < -0.39 is 0 Å². The molecule has 31 heavy (non-hydrogen) atoms. The maximum atomic E-state index is 13.4. The standard InChI is InChI=1S/C26H29N3O2/c1-18-8-6-7-11-22(18)28-26(31)24-23(30)16-19(2)29(17-20-9-4-3-5-10-20)25(24)21-12-14-27-15-13-21/h6-8,11-16,20H,3-5,9-10,17H2,1-2H3,(H,28,31). The van der Waals surface area contributed by atoms with E-state index in [1.165, 1.54) is 32.1 Å². The van der Waals surface area contributed by atoms with Crippen molar-refractivity contribution >= 4 is 11.6 Å². The maximum absolute atomic E-state index is 13.4. The van der Waals surface area contributed by atoms with Gasteiger partial charge in [-0.1, -0.05) is 37.5 Å². The molecule has 0 spiro atoms. The lowest BCUT2D eigenvalue weighted by molar-refractivity contribution is 0.102. The minimum absolute atomic E-state index is 0.191. The maximum Gasteiger partial charge on any atom is 0.261 e. The molecule has 1 N–H and O–H groups in total. The highest BCUT2D eigenvalue weighted by Crippen LogP contribution is 2.30.